The van der Waals surface area contributed by atoms with Gasteiger partial charge in [0.15, 0.2) is 0 Å². The van der Waals surface area contributed by atoms with E-state index in [1.54, 1.807) is 29.7 Å². The van der Waals surface area contributed by atoms with Gasteiger partial charge in [0.25, 0.3) is 5.91 Å². The van der Waals surface area contributed by atoms with Crippen molar-refractivity contribution >= 4 is 29.1 Å². The molecule has 6 nitrogen and oxygen atoms in total. The Morgan fingerprint density at radius 2 is 1.70 bits per heavy atom. The van der Waals surface area contributed by atoms with Crippen molar-refractivity contribution in [1.29, 1.82) is 0 Å². The van der Waals surface area contributed by atoms with E-state index in [1.165, 1.54) is 0 Å². The summed E-state index contributed by atoms with van der Waals surface area (Å²) in [7, 11) is 0. The van der Waals surface area contributed by atoms with Gasteiger partial charge in [-0.2, -0.15) is 0 Å². The molecule has 0 saturated heterocycles. The van der Waals surface area contributed by atoms with Crippen LogP contribution in [0.25, 0.3) is 0 Å². The van der Waals surface area contributed by atoms with E-state index in [1.807, 2.05) is 30.3 Å². The monoisotopic (exact) mass is 333 g/mol. The Morgan fingerprint density at radius 3 is 2.30 bits per heavy atom. The fourth-order valence-electron chi connectivity index (χ4n) is 1.97. The second-order valence-electron chi connectivity index (χ2n) is 4.75. The van der Waals surface area contributed by atoms with Crippen molar-refractivity contribution in [3.05, 3.63) is 65.2 Å². The van der Waals surface area contributed by atoms with E-state index in [0.29, 0.717) is 10.6 Å². The third-order valence-electron chi connectivity index (χ3n) is 3.11. The molecule has 0 heterocycles. The summed E-state index contributed by atoms with van der Waals surface area (Å²) in [5.74, 6) is -1.13. The predicted molar refractivity (Wildman–Crippen MR) is 87.2 cm³/mol. The van der Waals surface area contributed by atoms with Crippen LogP contribution in [0.15, 0.2) is 54.6 Å². The van der Waals surface area contributed by atoms with Gasteiger partial charge in [-0.25, -0.2) is 5.48 Å². The van der Waals surface area contributed by atoms with Gasteiger partial charge in [-0.15, -0.1) is 0 Å². The minimum absolute atomic E-state index is 0.00713. The molecule has 23 heavy (non-hydrogen) atoms. The number of carbonyl (C=O) groups excluding carboxylic acids is 2. The Morgan fingerprint density at radius 1 is 1.04 bits per heavy atom. The number of hydrogen-bond donors (Lipinski definition) is 4. The lowest BCUT2D eigenvalue weighted by molar-refractivity contribution is -0.134. The number of para-hydroxylation sites is 1. The molecule has 7 heteroatoms. The van der Waals surface area contributed by atoms with Gasteiger partial charge < -0.3 is 10.6 Å². The lowest BCUT2D eigenvalue weighted by Crippen LogP contribution is -2.41. The number of benzene rings is 2. The van der Waals surface area contributed by atoms with Crippen LogP contribution in [0, 0.1) is 0 Å². The molecule has 2 rings (SSSR count). The number of anilines is 1. The van der Waals surface area contributed by atoms with Crippen LogP contribution in [0.5, 0.6) is 0 Å². The van der Waals surface area contributed by atoms with E-state index in [-0.39, 0.29) is 6.54 Å². The van der Waals surface area contributed by atoms with E-state index >= 15 is 0 Å². The lowest BCUT2D eigenvalue weighted by Gasteiger charge is -2.17. The van der Waals surface area contributed by atoms with Gasteiger partial charge in [-0.1, -0.05) is 41.9 Å². The van der Waals surface area contributed by atoms with Gasteiger partial charge in [0, 0.05) is 10.7 Å². The van der Waals surface area contributed by atoms with Crippen molar-refractivity contribution < 1.29 is 14.8 Å². The van der Waals surface area contributed by atoms with Gasteiger partial charge in [-0.05, 0) is 29.8 Å². The second-order valence-corrected chi connectivity index (χ2v) is 5.18. The van der Waals surface area contributed by atoms with Gasteiger partial charge in [0.1, 0.15) is 6.04 Å². The molecule has 1 unspecified atom stereocenters. The Bertz CT molecular complexity index is 662. The highest BCUT2D eigenvalue weighted by atomic mass is 35.5. The topological polar surface area (TPSA) is 90.5 Å². The van der Waals surface area contributed by atoms with Crippen molar-refractivity contribution in [3.8, 4) is 0 Å². The van der Waals surface area contributed by atoms with Crippen LogP contribution >= 0.6 is 11.6 Å². The molecular weight excluding hydrogens is 318 g/mol. The maximum atomic E-state index is 12.0. The average Bonchev–Trinajstić information content (AvgIpc) is 2.59. The number of rotatable bonds is 6. The molecular formula is C16H16ClN3O3. The molecule has 0 spiro atoms. The van der Waals surface area contributed by atoms with Gasteiger partial charge >= 0.3 is 0 Å². The van der Waals surface area contributed by atoms with Crippen molar-refractivity contribution in [2.24, 2.45) is 0 Å². The quantitative estimate of drug-likeness (QED) is 0.481. The summed E-state index contributed by atoms with van der Waals surface area (Å²) in [6.45, 7) is -0.00713. The summed E-state index contributed by atoms with van der Waals surface area (Å²) in [4.78, 5) is 23.8. The maximum absolute atomic E-state index is 12.0. The zero-order valence-corrected chi connectivity index (χ0v) is 12.9. The normalized spacial score (nSPS) is 11.4. The molecule has 2 aromatic rings. The summed E-state index contributed by atoms with van der Waals surface area (Å²) in [6.07, 6.45) is 0. The van der Waals surface area contributed by atoms with Crippen LogP contribution in [0.3, 0.4) is 0 Å². The summed E-state index contributed by atoms with van der Waals surface area (Å²) in [5.41, 5.74) is 2.85. The summed E-state index contributed by atoms with van der Waals surface area (Å²) >= 11 is 5.81. The highest BCUT2D eigenvalue weighted by Gasteiger charge is 2.22. The standard InChI is InChI=1S/C16H16ClN3O3/c17-12-8-6-11(7-9-12)15(16(22)20-23)19-14(21)10-18-13-4-2-1-3-5-13/h1-9,15,18,23H,10H2,(H,19,21)(H,20,22). The first kappa shape index (κ1) is 16.8. The molecule has 0 saturated carbocycles. The number of hydroxylamine groups is 1. The van der Waals surface area contributed by atoms with Crippen molar-refractivity contribution in [3.63, 3.8) is 0 Å². The fourth-order valence-corrected chi connectivity index (χ4v) is 2.10. The Balaban J connectivity index is 2.01. The molecule has 0 aliphatic carbocycles. The predicted octanol–water partition coefficient (Wildman–Crippen LogP) is 2.11. The van der Waals surface area contributed by atoms with E-state index in [0.717, 1.165) is 5.69 Å². The SMILES string of the molecule is O=C(CNc1ccccc1)NC(C(=O)NO)c1ccc(Cl)cc1. The zero-order valence-electron chi connectivity index (χ0n) is 12.1. The first-order valence-corrected chi connectivity index (χ1v) is 7.25. The highest BCUT2D eigenvalue weighted by molar-refractivity contribution is 6.30. The fraction of sp³-hybridized carbons (Fsp3) is 0.125. The summed E-state index contributed by atoms with van der Waals surface area (Å²) in [5, 5.41) is 14.9. The molecule has 120 valence electrons. The smallest absolute Gasteiger partial charge is 0.270 e. The number of hydrogen-bond acceptors (Lipinski definition) is 4. The molecule has 2 aromatic carbocycles. The van der Waals surface area contributed by atoms with E-state index in [9.17, 15) is 9.59 Å². The van der Waals surface area contributed by atoms with Gasteiger partial charge in [0.2, 0.25) is 5.91 Å². The molecule has 0 fully saturated rings. The zero-order chi connectivity index (χ0) is 16.7. The first-order chi connectivity index (χ1) is 11.1. The first-order valence-electron chi connectivity index (χ1n) is 6.88. The molecule has 1 atom stereocenters. The maximum Gasteiger partial charge on any atom is 0.270 e. The van der Waals surface area contributed by atoms with Crippen molar-refractivity contribution in [2.45, 2.75) is 6.04 Å². The van der Waals surface area contributed by atoms with Crippen LogP contribution in [0.4, 0.5) is 5.69 Å². The van der Waals surface area contributed by atoms with E-state index in [2.05, 4.69) is 10.6 Å². The third kappa shape index (κ3) is 4.98. The van der Waals surface area contributed by atoms with Crippen molar-refractivity contribution in [1.82, 2.24) is 10.8 Å². The number of amides is 2. The van der Waals surface area contributed by atoms with Crippen LogP contribution in [-0.4, -0.2) is 23.6 Å². The number of carbonyl (C=O) groups is 2. The van der Waals surface area contributed by atoms with Crippen LogP contribution in [-0.2, 0) is 9.59 Å². The lowest BCUT2D eigenvalue weighted by atomic mass is 10.1. The van der Waals surface area contributed by atoms with Crippen LogP contribution < -0.4 is 16.1 Å². The molecule has 0 aromatic heterocycles. The summed E-state index contributed by atoms with van der Waals surface area (Å²) < 4.78 is 0. The third-order valence-corrected chi connectivity index (χ3v) is 3.36. The van der Waals surface area contributed by atoms with Gasteiger partial charge in [-0.3, -0.25) is 14.8 Å². The second kappa shape index (κ2) is 8.17. The Labute approximate surface area is 138 Å². The molecule has 0 aliphatic rings. The highest BCUT2D eigenvalue weighted by Crippen LogP contribution is 2.17. The number of nitrogens with one attached hydrogen (secondary N) is 3. The van der Waals surface area contributed by atoms with Crippen LogP contribution in [0.2, 0.25) is 5.02 Å². The van der Waals surface area contributed by atoms with Gasteiger partial charge in [0.05, 0.1) is 6.54 Å². The van der Waals surface area contributed by atoms with Crippen LogP contribution in [0.1, 0.15) is 11.6 Å². The summed E-state index contributed by atoms with van der Waals surface area (Å²) in [6, 6.07) is 14.6. The Hall–Kier alpha value is -2.57. The molecule has 2 amide bonds. The molecule has 0 aliphatic heterocycles. The minimum Gasteiger partial charge on any atom is -0.376 e. The largest absolute Gasteiger partial charge is 0.376 e. The Kier molecular flexibility index (Phi) is 5.96. The van der Waals surface area contributed by atoms with E-state index in [4.69, 9.17) is 16.8 Å². The molecule has 0 radical (unpaired) electrons. The van der Waals surface area contributed by atoms with Crippen molar-refractivity contribution in [2.75, 3.05) is 11.9 Å². The molecule has 4 N–H and O–H groups in total. The van der Waals surface area contributed by atoms with E-state index < -0.39 is 17.9 Å². The number of halogens is 1. The average molecular weight is 334 g/mol. The molecule has 0 bridgehead atoms. The minimum atomic E-state index is -1.01.